The first-order valence-corrected chi connectivity index (χ1v) is 6.32. The van der Waals surface area contributed by atoms with Gasteiger partial charge in [-0.1, -0.05) is 18.7 Å². The lowest BCUT2D eigenvalue weighted by Crippen LogP contribution is -2.16. The van der Waals surface area contributed by atoms with Crippen LogP contribution in [-0.2, 0) is 10.0 Å². The first-order chi connectivity index (χ1) is 7.34. The van der Waals surface area contributed by atoms with Crippen molar-refractivity contribution in [2.45, 2.75) is 24.8 Å². The van der Waals surface area contributed by atoms with Gasteiger partial charge < -0.3 is 4.74 Å². The molecule has 0 aliphatic carbocycles. The molecule has 1 aromatic rings. The quantitative estimate of drug-likeness (QED) is 0.814. The molecule has 1 unspecified atom stereocenters. The maximum atomic E-state index is 11.3. The molecular weight excluding hydrogens is 226 g/mol. The van der Waals surface area contributed by atoms with E-state index in [1.807, 2.05) is 0 Å². The van der Waals surface area contributed by atoms with Crippen LogP contribution in [0, 0.1) is 6.92 Å². The van der Waals surface area contributed by atoms with Gasteiger partial charge in [0.05, 0.1) is 0 Å². The average molecular weight is 241 g/mol. The molecule has 1 aromatic carbocycles. The minimum absolute atomic E-state index is 0.00111. The van der Waals surface area contributed by atoms with Crippen LogP contribution in [0.1, 0.15) is 12.5 Å². The number of primary sulfonamides is 1. The van der Waals surface area contributed by atoms with Crippen LogP contribution in [-0.4, -0.2) is 14.5 Å². The number of nitrogens with two attached hydrogens (primary N) is 1. The Kier molecular flexibility index (Phi) is 3.72. The van der Waals surface area contributed by atoms with Crippen LogP contribution in [0.15, 0.2) is 35.7 Å². The average Bonchev–Trinajstić information content (AvgIpc) is 2.19. The van der Waals surface area contributed by atoms with E-state index in [-0.39, 0.29) is 16.7 Å². The third kappa shape index (κ3) is 3.08. The van der Waals surface area contributed by atoms with E-state index in [2.05, 4.69) is 6.58 Å². The second-order valence-electron chi connectivity index (χ2n) is 3.55. The molecule has 1 rings (SSSR count). The van der Waals surface area contributed by atoms with Gasteiger partial charge in [0, 0.05) is 0 Å². The monoisotopic (exact) mass is 241 g/mol. The summed E-state index contributed by atoms with van der Waals surface area (Å²) in [4.78, 5) is 0.00111. The summed E-state index contributed by atoms with van der Waals surface area (Å²) in [5.41, 5.74) is 0.808. The fraction of sp³-hybridized carbons (Fsp3) is 0.273. The van der Waals surface area contributed by atoms with E-state index in [4.69, 9.17) is 9.88 Å². The van der Waals surface area contributed by atoms with E-state index in [0.29, 0.717) is 0 Å². The number of hydrogen-bond acceptors (Lipinski definition) is 3. The molecule has 0 spiro atoms. The molecule has 0 aliphatic heterocycles. The predicted octanol–water partition coefficient (Wildman–Crippen LogP) is 1.60. The minimum Gasteiger partial charge on any atom is -0.485 e. The Morgan fingerprint density at radius 1 is 1.50 bits per heavy atom. The van der Waals surface area contributed by atoms with E-state index in [9.17, 15) is 8.42 Å². The molecule has 0 saturated carbocycles. The van der Waals surface area contributed by atoms with E-state index in [1.165, 1.54) is 6.07 Å². The zero-order valence-corrected chi connectivity index (χ0v) is 10.1. The highest BCUT2D eigenvalue weighted by Crippen LogP contribution is 2.24. The largest absolute Gasteiger partial charge is 0.485 e. The van der Waals surface area contributed by atoms with Crippen LogP contribution in [0.4, 0.5) is 0 Å². The lowest BCUT2D eigenvalue weighted by molar-refractivity contribution is 0.263. The first kappa shape index (κ1) is 12.7. The molecule has 0 amide bonds. The summed E-state index contributed by atoms with van der Waals surface area (Å²) in [6.07, 6.45) is 1.30. The highest BCUT2D eigenvalue weighted by Gasteiger charge is 2.16. The SMILES string of the molecule is C=CC(C)Oc1ccc(C)cc1S(N)(=O)=O. The molecule has 2 N–H and O–H groups in total. The van der Waals surface area contributed by atoms with Gasteiger partial charge in [0.2, 0.25) is 10.0 Å². The van der Waals surface area contributed by atoms with Crippen molar-refractivity contribution in [3.8, 4) is 5.75 Å². The summed E-state index contributed by atoms with van der Waals surface area (Å²) < 4.78 is 28.1. The van der Waals surface area contributed by atoms with Crippen molar-refractivity contribution in [1.29, 1.82) is 0 Å². The van der Waals surface area contributed by atoms with Crippen molar-refractivity contribution in [2.24, 2.45) is 5.14 Å². The minimum atomic E-state index is -3.77. The molecule has 0 radical (unpaired) electrons. The van der Waals surface area contributed by atoms with Gasteiger partial charge in [-0.05, 0) is 31.5 Å². The summed E-state index contributed by atoms with van der Waals surface area (Å²) in [7, 11) is -3.77. The van der Waals surface area contributed by atoms with Crippen LogP contribution >= 0.6 is 0 Å². The van der Waals surface area contributed by atoms with E-state index in [0.717, 1.165) is 5.56 Å². The fourth-order valence-corrected chi connectivity index (χ4v) is 1.93. The molecule has 0 heterocycles. The van der Waals surface area contributed by atoms with Crippen molar-refractivity contribution in [1.82, 2.24) is 0 Å². The van der Waals surface area contributed by atoms with Gasteiger partial charge in [0.15, 0.2) is 0 Å². The number of hydrogen-bond donors (Lipinski definition) is 1. The van der Waals surface area contributed by atoms with Crippen molar-refractivity contribution in [2.75, 3.05) is 0 Å². The van der Waals surface area contributed by atoms with Gasteiger partial charge >= 0.3 is 0 Å². The maximum absolute atomic E-state index is 11.3. The molecular formula is C11H15NO3S. The van der Waals surface area contributed by atoms with Crippen LogP contribution in [0.2, 0.25) is 0 Å². The van der Waals surface area contributed by atoms with Gasteiger partial charge in [-0.15, -0.1) is 0 Å². The van der Waals surface area contributed by atoms with Gasteiger partial charge in [-0.25, -0.2) is 13.6 Å². The second-order valence-corrected chi connectivity index (χ2v) is 5.08. The van der Waals surface area contributed by atoms with Gasteiger partial charge in [-0.3, -0.25) is 0 Å². The van der Waals surface area contributed by atoms with E-state index in [1.54, 1.807) is 32.1 Å². The summed E-state index contributed by atoms with van der Waals surface area (Å²) >= 11 is 0. The molecule has 4 nitrogen and oxygen atoms in total. The zero-order valence-electron chi connectivity index (χ0n) is 9.30. The maximum Gasteiger partial charge on any atom is 0.241 e. The Hall–Kier alpha value is -1.33. The molecule has 1 atom stereocenters. The van der Waals surface area contributed by atoms with Crippen LogP contribution in [0.5, 0.6) is 5.75 Å². The smallest absolute Gasteiger partial charge is 0.241 e. The van der Waals surface area contributed by atoms with Crippen molar-refractivity contribution < 1.29 is 13.2 Å². The highest BCUT2D eigenvalue weighted by molar-refractivity contribution is 7.89. The van der Waals surface area contributed by atoms with Crippen molar-refractivity contribution in [3.63, 3.8) is 0 Å². The van der Waals surface area contributed by atoms with Crippen molar-refractivity contribution >= 4 is 10.0 Å². The van der Waals surface area contributed by atoms with Crippen molar-refractivity contribution in [3.05, 3.63) is 36.4 Å². The molecule has 16 heavy (non-hydrogen) atoms. The number of aryl methyl sites for hydroxylation is 1. The van der Waals surface area contributed by atoms with E-state index >= 15 is 0 Å². The standard InChI is InChI=1S/C11H15NO3S/c1-4-9(3)15-10-6-5-8(2)7-11(10)16(12,13)14/h4-7,9H,1H2,2-3H3,(H2,12,13,14). The normalized spacial score (nSPS) is 13.2. The fourth-order valence-electron chi connectivity index (χ4n) is 1.18. The highest BCUT2D eigenvalue weighted by atomic mass is 32.2. The molecule has 88 valence electrons. The Labute approximate surface area is 95.8 Å². The third-order valence-electron chi connectivity index (χ3n) is 2.05. The predicted molar refractivity (Wildman–Crippen MR) is 62.8 cm³/mol. The Morgan fingerprint density at radius 3 is 2.62 bits per heavy atom. The molecule has 0 aromatic heterocycles. The van der Waals surface area contributed by atoms with Gasteiger partial charge in [-0.2, -0.15) is 0 Å². The van der Waals surface area contributed by atoms with E-state index < -0.39 is 10.0 Å². The molecule has 5 heteroatoms. The summed E-state index contributed by atoms with van der Waals surface area (Å²) in [6, 6.07) is 4.84. The number of ether oxygens (including phenoxy) is 1. The second kappa shape index (κ2) is 4.67. The Bertz CT molecular complexity index is 494. The zero-order chi connectivity index (χ0) is 12.3. The molecule has 0 bridgehead atoms. The number of benzene rings is 1. The summed E-state index contributed by atoms with van der Waals surface area (Å²) in [5, 5.41) is 5.11. The van der Waals surface area contributed by atoms with Gasteiger partial charge in [0.1, 0.15) is 16.7 Å². The first-order valence-electron chi connectivity index (χ1n) is 4.77. The molecule has 0 aliphatic rings. The topological polar surface area (TPSA) is 69.4 Å². The van der Waals surface area contributed by atoms with Gasteiger partial charge in [0.25, 0.3) is 0 Å². The molecule has 0 fully saturated rings. The summed E-state index contributed by atoms with van der Waals surface area (Å²) in [5.74, 6) is 0.250. The lowest BCUT2D eigenvalue weighted by atomic mass is 10.2. The van der Waals surface area contributed by atoms with Crippen LogP contribution < -0.4 is 9.88 Å². The van der Waals surface area contributed by atoms with Crippen LogP contribution in [0.3, 0.4) is 0 Å². The van der Waals surface area contributed by atoms with Crippen LogP contribution in [0.25, 0.3) is 0 Å². The molecule has 0 saturated heterocycles. The number of rotatable bonds is 4. The third-order valence-corrected chi connectivity index (χ3v) is 2.98. The Balaban J connectivity index is 3.23. The summed E-state index contributed by atoms with van der Waals surface area (Å²) in [6.45, 7) is 7.11. The Morgan fingerprint density at radius 2 is 2.12 bits per heavy atom. The lowest BCUT2D eigenvalue weighted by Gasteiger charge is -2.14. The number of sulfonamides is 1.